The monoisotopic (exact) mass is 379 g/mol. The molecule has 2 rings (SSSR count). The van der Waals surface area contributed by atoms with Crippen molar-refractivity contribution < 1.29 is 9.53 Å². The molecule has 1 aromatic carbocycles. The number of nitrogens with one attached hydrogen (secondary N) is 1. The summed E-state index contributed by atoms with van der Waals surface area (Å²) < 4.78 is 8.12. The van der Waals surface area contributed by atoms with Gasteiger partial charge in [-0.2, -0.15) is 5.10 Å². The highest BCUT2D eigenvalue weighted by Gasteiger charge is 2.15. The van der Waals surface area contributed by atoms with Crippen LogP contribution in [0.4, 0.5) is 4.79 Å². The van der Waals surface area contributed by atoms with E-state index in [9.17, 15) is 4.79 Å². The molecule has 0 saturated heterocycles. The summed E-state index contributed by atoms with van der Waals surface area (Å²) in [5, 5.41) is 7.11. The zero-order chi connectivity index (χ0) is 16.9. The number of nitrogens with zero attached hydrogens (tertiary/aromatic N) is 2. The summed E-state index contributed by atoms with van der Waals surface area (Å²) in [5.41, 5.74) is 1.72. The molecule has 0 aliphatic rings. The van der Waals surface area contributed by atoms with Crippen LogP contribution >= 0.6 is 15.9 Å². The Labute approximate surface area is 145 Å². The van der Waals surface area contributed by atoms with Gasteiger partial charge < -0.3 is 10.1 Å². The van der Waals surface area contributed by atoms with E-state index >= 15 is 0 Å². The lowest BCUT2D eigenvalue weighted by Crippen LogP contribution is -2.33. The summed E-state index contributed by atoms with van der Waals surface area (Å²) in [6.45, 7) is 6.83. The molecule has 124 valence electrons. The Bertz CT molecular complexity index is 662. The van der Waals surface area contributed by atoms with Crippen LogP contribution in [0.3, 0.4) is 0 Å². The molecule has 0 aliphatic carbocycles. The number of ether oxygens (including phenoxy) is 1. The molecule has 0 unspecified atom stereocenters. The van der Waals surface area contributed by atoms with Crippen LogP contribution in [-0.2, 0) is 11.3 Å². The third-order valence-electron chi connectivity index (χ3n) is 3.05. The number of hydrogen-bond acceptors (Lipinski definition) is 3. The number of aromatic nitrogens is 2. The molecular formula is C17H22BrN3O2. The van der Waals surface area contributed by atoms with E-state index in [1.165, 1.54) is 0 Å². The molecule has 0 radical (unpaired) electrons. The van der Waals surface area contributed by atoms with Gasteiger partial charge in [-0.05, 0) is 38.8 Å². The van der Waals surface area contributed by atoms with E-state index < -0.39 is 5.60 Å². The summed E-state index contributed by atoms with van der Waals surface area (Å²) >= 11 is 3.55. The maximum Gasteiger partial charge on any atom is 0.407 e. The number of alkyl carbamates (subject to hydrolysis) is 1. The Morgan fingerprint density at radius 2 is 2.09 bits per heavy atom. The molecule has 0 bridgehead atoms. The average Bonchev–Trinajstić information content (AvgIpc) is 2.91. The summed E-state index contributed by atoms with van der Waals surface area (Å²) in [5.74, 6) is 0. The molecule has 5 nitrogen and oxygen atoms in total. The van der Waals surface area contributed by atoms with Crippen LogP contribution in [0.2, 0.25) is 0 Å². The first-order valence-corrected chi connectivity index (χ1v) is 8.39. The smallest absolute Gasteiger partial charge is 0.407 e. The van der Waals surface area contributed by atoms with E-state index in [2.05, 4.69) is 32.4 Å². The molecule has 23 heavy (non-hydrogen) atoms. The second-order valence-electron chi connectivity index (χ2n) is 6.25. The maximum absolute atomic E-state index is 11.5. The number of benzene rings is 1. The molecule has 2 aromatic rings. The molecule has 6 heteroatoms. The van der Waals surface area contributed by atoms with Crippen molar-refractivity contribution >= 4 is 22.0 Å². The number of amides is 1. The minimum atomic E-state index is -0.468. The molecule has 1 amide bonds. The number of carbonyl (C=O) groups is 1. The van der Waals surface area contributed by atoms with Crippen molar-refractivity contribution in [2.75, 3.05) is 6.54 Å². The normalized spacial score (nSPS) is 11.3. The van der Waals surface area contributed by atoms with Crippen molar-refractivity contribution in [1.29, 1.82) is 0 Å². The number of halogens is 1. The fourth-order valence-corrected chi connectivity index (χ4v) is 2.58. The van der Waals surface area contributed by atoms with Crippen molar-refractivity contribution in [3.63, 3.8) is 0 Å². The van der Waals surface area contributed by atoms with Crippen LogP contribution in [0.1, 0.15) is 27.2 Å². The lowest BCUT2D eigenvalue weighted by molar-refractivity contribution is 0.0526. The number of carbonyl (C=O) groups excluding carboxylic acids is 1. The minimum absolute atomic E-state index is 0.383. The van der Waals surface area contributed by atoms with Gasteiger partial charge in [0.25, 0.3) is 0 Å². The zero-order valence-electron chi connectivity index (χ0n) is 13.7. The molecule has 0 saturated carbocycles. The van der Waals surface area contributed by atoms with Crippen molar-refractivity contribution in [3.05, 3.63) is 41.1 Å². The van der Waals surface area contributed by atoms with Gasteiger partial charge in [0, 0.05) is 29.3 Å². The largest absolute Gasteiger partial charge is 0.444 e. The van der Waals surface area contributed by atoms with Gasteiger partial charge in [-0.15, -0.1) is 0 Å². The Hall–Kier alpha value is -1.82. The Balaban J connectivity index is 1.80. The second kappa shape index (κ2) is 7.64. The topological polar surface area (TPSA) is 56.1 Å². The van der Waals surface area contributed by atoms with Gasteiger partial charge in [0.2, 0.25) is 0 Å². The average molecular weight is 380 g/mol. The standard InChI is InChI=1S/C17H22BrN3O2/c1-17(2,3)23-16(22)19-9-6-10-21-12-13(11-20-21)14-7-4-5-8-15(14)18/h4-5,7-8,11-12H,6,9-10H2,1-3H3,(H,19,22). The van der Waals surface area contributed by atoms with Crippen LogP contribution in [0, 0.1) is 0 Å². The van der Waals surface area contributed by atoms with Crippen LogP contribution in [0.25, 0.3) is 11.1 Å². The Morgan fingerprint density at radius 1 is 1.35 bits per heavy atom. The molecule has 0 atom stereocenters. The van der Waals surface area contributed by atoms with Crippen molar-refractivity contribution in [2.45, 2.75) is 39.3 Å². The predicted octanol–water partition coefficient (Wildman–Crippen LogP) is 4.23. The highest BCUT2D eigenvalue weighted by Crippen LogP contribution is 2.27. The van der Waals surface area contributed by atoms with E-state index in [1.807, 2.05) is 56.0 Å². The van der Waals surface area contributed by atoms with Crippen molar-refractivity contribution in [2.24, 2.45) is 0 Å². The van der Waals surface area contributed by atoms with Crippen molar-refractivity contribution in [1.82, 2.24) is 15.1 Å². The molecular weight excluding hydrogens is 358 g/mol. The lowest BCUT2D eigenvalue weighted by Gasteiger charge is -2.19. The van der Waals surface area contributed by atoms with Gasteiger partial charge in [0.15, 0.2) is 0 Å². The summed E-state index contributed by atoms with van der Waals surface area (Å²) in [6, 6.07) is 8.05. The van der Waals surface area contributed by atoms with E-state index in [4.69, 9.17) is 4.74 Å². The van der Waals surface area contributed by atoms with Gasteiger partial charge in [0.1, 0.15) is 5.60 Å². The van der Waals surface area contributed by atoms with Crippen LogP contribution in [0.5, 0.6) is 0 Å². The Kier molecular flexibility index (Phi) is 5.82. The third kappa shape index (κ3) is 5.71. The highest BCUT2D eigenvalue weighted by atomic mass is 79.9. The fraction of sp³-hybridized carbons (Fsp3) is 0.412. The van der Waals surface area contributed by atoms with Crippen LogP contribution < -0.4 is 5.32 Å². The lowest BCUT2D eigenvalue weighted by atomic mass is 10.1. The number of aryl methyl sites for hydroxylation is 1. The van der Waals surface area contributed by atoms with Gasteiger partial charge in [-0.25, -0.2) is 4.79 Å². The highest BCUT2D eigenvalue weighted by molar-refractivity contribution is 9.10. The SMILES string of the molecule is CC(C)(C)OC(=O)NCCCn1cc(-c2ccccc2Br)cn1. The number of hydrogen-bond donors (Lipinski definition) is 1. The summed E-state index contributed by atoms with van der Waals surface area (Å²) in [6.07, 6.45) is 4.26. The van der Waals surface area contributed by atoms with E-state index in [-0.39, 0.29) is 6.09 Å². The first-order chi connectivity index (χ1) is 10.8. The third-order valence-corrected chi connectivity index (χ3v) is 3.74. The van der Waals surface area contributed by atoms with Gasteiger partial charge in [0.05, 0.1) is 6.20 Å². The minimum Gasteiger partial charge on any atom is -0.444 e. The quantitative estimate of drug-likeness (QED) is 0.790. The second-order valence-corrected chi connectivity index (χ2v) is 7.11. The number of rotatable bonds is 5. The predicted molar refractivity (Wildman–Crippen MR) is 94.2 cm³/mol. The van der Waals surface area contributed by atoms with E-state index in [0.717, 1.165) is 28.6 Å². The molecule has 1 heterocycles. The van der Waals surface area contributed by atoms with Crippen molar-refractivity contribution in [3.8, 4) is 11.1 Å². The van der Waals surface area contributed by atoms with E-state index in [0.29, 0.717) is 6.54 Å². The fourth-order valence-electron chi connectivity index (χ4n) is 2.07. The van der Waals surface area contributed by atoms with Crippen LogP contribution in [-0.4, -0.2) is 28.0 Å². The Morgan fingerprint density at radius 3 is 2.78 bits per heavy atom. The zero-order valence-corrected chi connectivity index (χ0v) is 15.3. The van der Waals surface area contributed by atoms with Gasteiger partial charge in [-0.3, -0.25) is 4.68 Å². The molecule has 0 fully saturated rings. The van der Waals surface area contributed by atoms with Gasteiger partial charge >= 0.3 is 6.09 Å². The first kappa shape index (κ1) is 17.5. The summed E-state index contributed by atoms with van der Waals surface area (Å²) in [7, 11) is 0. The molecule has 1 aromatic heterocycles. The molecule has 0 spiro atoms. The van der Waals surface area contributed by atoms with E-state index in [1.54, 1.807) is 0 Å². The summed E-state index contributed by atoms with van der Waals surface area (Å²) in [4.78, 5) is 11.5. The van der Waals surface area contributed by atoms with Gasteiger partial charge in [-0.1, -0.05) is 34.1 Å². The molecule has 0 aliphatic heterocycles. The maximum atomic E-state index is 11.5. The van der Waals surface area contributed by atoms with Crippen LogP contribution in [0.15, 0.2) is 41.1 Å². The first-order valence-electron chi connectivity index (χ1n) is 7.59. The molecule has 1 N–H and O–H groups in total.